The van der Waals surface area contributed by atoms with E-state index < -0.39 is 16.6 Å². The first-order valence-corrected chi connectivity index (χ1v) is 19.5. The summed E-state index contributed by atoms with van der Waals surface area (Å²) in [5.41, 5.74) is 8.39. The average molecular weight is 777 g/mol. The van der Waals surface area contributed by atoms with Crippen molar-refractivity contribution >= 4 is 16.6 Å². The van der Waals surface area contributed by atoms with Crippen molar-refractivity contribution in [3.05, 3.63) is 136 Å². The van der Waals surface area contributed by atoms with Gasteiger partial charge in [0.05, 0.1) is 19.8 Å². The monoisotopic (exact) mass is 776 g/mol. The molecule has 0 saturated carbocycles. The molecule has 9 rings (SSSR count). The third-order valence-electron chi connectivity index (χ3n) is 10.9. The Morgan fingerprint density at radius 1 is 0.714 bits per heavy atom. The summed E-state index contributed by atoms with van der Waals surface area (Å²) >= 11 is 0. The Labute approximate surface area is 328 Å². The molecule has 0 spiro atoms. The van der Waals surface area contributed by atoms with Crippen molar-refractivity contribution in [3.63, 3.8) is 0 Å². The van der Waals surface area contributed by atoms with Gasteiger partial charge in [-0.15, -0.1) is 12.6 Å². The van der Waals surface area contributed by atoms with Gasteiger partial charge in [0.2, 0.25) is 5.75 Å². The topological polar surface area (TPSA) is 121 Å². The number of fused-ring (bicyclic) bond motifs is 2. The Balaban J connectivity index is 0.00000115. The molecule has 5 aromatic rings. The van der Waals surface area contributed by atoms with Crippen LogP contribution in [0.3, 0.4) is 0 Å². The smallest absolute Gasteiger partial charge is 0.425 e. The first-order valence-electron chi connectivity index (χ1n) is 18.5. The molecule has 0 saturated heterocycles. The molecule has 0 fully saturated rings. The van der Waals surface area contributed by atoms with Crippen LogP contribution in [-0.4, -0.2) is 69.8 Å². The van der Waals surface area contributed by atoms with E-state index in [1.165, 1.54) is 16.7 Å². The van der Waals surface area contributed by atoms with E-state index in [0.29, 0.717) is 35.0 Å². The van der Waals surface area contributed by atoms with Gasteiger partial charge in [-0.25, -0.2) is 4.79 Å². The molecule has 0 aromatic heterocycles. The zero-order valence-electron chi connectivity index (χ0n) is 32.0. The highest BCUT2D eigenvalue weighted by Gasteiger charge is 2.35. The first kappa shape index (κ1) is 38.6. The van der Waals surface area contributed by atoms with Crippen LogP contribution in [0.15, 0.2) is 91.0 Å². The summed E-state index contributed by atoms with van der Waals surface area (Å²) < 4.78 is 57.0. The molecule has 4 aliphatic heterocycles. The lowest BCUT2D eigenvalue weighted by atomic mass is 9.87. The Morgan fingerprint density at radius 3 is 2.05 bits per heavy atom. The van der Waals surface area contributed by atoms with Crippen molar-refractivity contribution in [2.75, 3.05) is 41.4 Å². The molecule has 12 heteroatoms. The van der Waals surface area contributed by atoms with Gasteiger partial charge in [-0.05, 0) is 129 Å². The van der Waals surface area contributed by atoms with E-state index in [4.69, 9.17) is 36.3 Å². The molecule has 290 valence electrons. The third-order valence-corrected chi connectivity index (χ3v) is 10.9. The molecule has 6 bridgehead atoms. The van der Waals surface area contributed by atoms with Crippen LogP contribution >= 0.6 is 0 Å². The van der Waals surface area contributed by atoms with Gasteiger partial charge in [0.25, 0.3) is 0 Å². The van der Waals surface area contributed by atoms with Crippen molar-refractivity contribution in [2.24, 2.45) is 0 Å². The van der Waals surface area contributed by atoms with Crippen LogP contribution in [0.1, 0.15) is 61.4 Å². The van der Waals surface area contributed by atoms with E-state index in [9.17, 15) is 4.79 Å². The Bertz CT molecular complexity index is 2360. The van der Waals surface area contributed by atoms with Gasteiger partial charge < -0.3 is 23.7 Å². The number of methoxy groups -OCH3 is 2. The SMILES string of the molecule is COc1ccc2cc1Oc1ccc(cc1)C[C@H]1c3cc(c(C)cc3CCN1C)Oc1c(OC(=O)c3ccccc3)c(OC)cc3c1[C@H](C2)N(C)CC3.O=S(=O)=O. The highest BCUT2D eigenvalue weighted by molar-refractivity contribution is 7.59. The molecule has 4 aliphatic rings. The number of nitrogens with zero attached hydrogens (tertiary/aromatic N) is 2. The molecule has 5 aromatic carbocycles. The standard InChI is InChI=1S/C44H44N2O6.O3S/c1-27-21-31-17-19-45(2)35-22-28-11-14-33(15-12-28)50-39-24-29(13-16-37(39)48-4)23-36-41-32(18-20-46(36)3)25-40(49-5)42(43(41)51-38(27)26-34(31)35)52-44(47)30-9-7-6-8-10-30;1-4(2)3/h6-16,21,24-26,35-36H,17-20,22-23H2,1-5H3;/t35-,36-;/m0./s1. The van der Waals surface area contributed by atoms with Crippen LogP contribution in [0, 0.1) is 6.92 Å². The maximum absolute atomic E-state index is 13.7. The summed E-state index contributed by atoms with van der Waals surface area (Å²) in [4.78, 5) is 18.5. The summed E-state index contributed by atoms with van der Waals surface area (Å²) in [5, 5.41) is 0. The van der Waals surface area contributed by atoms with Crippen LogP contribution in [-0.2, 0) is 36.3 Å². The quantitative estimate of drug-likeness (QED) is 0.132. The van der Waals surface area contributed by atoms with Crippen LogP contribution in [0.5, 0.6) is 40.2 Å². The average Bonchev–Trinajstić information content (AvgIpc) is 3.18. The molecule has 11 nitrogen and oxygen atoms in total. The number of carbonyl (C=O) groups is 1. The van der Waals surface area contributed by atoms with Gasteiger partial charge in [0.15, 0.2) is 23.0 Å². The third kappa shape index (κ3) is 8.13. The van der Waals surface area contributed by atoms with Gasteiger partial charge in [-0.2, -0.15) is 0 Å². The van der Waals surface area contributed by atoms with E-state index in [1.54, 1.807) is 26.4 Å². The minimum absolute atomic E-state index is 0.116. The Hall–Kier alpha value is -5.69. The van der Waals surface area contributed by atoms with Crippen molar-refractivity contribution in [1.29, 1.82) is 0 Å². The number of carbonyl (C=O) groups excluding carboxylic acids is 1. The summed E-state index contributed by atoms with van der Waals surface area (Å²) in [6, 6.07) is 30.0. The maximum Gasteiger partial charge on any atom is 0.425 e. The van der Waals surface area contributed by atoms with E-state index in [-0.39, 0.29) is 17.8 Å². The van der Waals surface area contributed by atoms with Crippen molar-refractivity contribution in [2.45, 2.75) is 44.7 Å². The summed E-state index contributed by atoms with van der Waals surface area (Å²) in [6.45, 7) is 3.89. The first-order chi connectivity index (χ1) is 27.0. The lowest BCUT2D eigenvalue weighted by Crippen LogP contribution is -2.34. The fourth-order valence-electron chi connectivity index (χ4n) is 7.92. The lowest BCUT2D eigenvalue weighted by Gasteiger charge is -2.37. The van der Waals surface area contributed by atoms with Gasteiger partial charge in [0, 0.05) is 30.7 Å². The predicted molar refractivity (Wildman–Crippen MR) is 210 cm³/mol. The highest BCUT2D eigenvalue weighted by Crippen LogP contribution is 2.51. The Kier molecular flexibility index (Phi) is 11.4. The van der Waals surface area contributed by atoms with Crippen LogP contribution in [0.25, 0.3) is 0 Å². The zero-order valence-corrected chi connectivity index (χ0v) is 32.9. The number of rotatable bonds is 4. The second-order valence-corrected chi connectivity index (χ2v) is 14.7. The van der Waals surface area contributed by atoms with E-state index in [2.05, 4.69) is 67.2 Å². The number of benzene rings is 5. The lowest BCUT2D eigenvalue weighted by molar-refractivity contribution is 0.0724. The number of hydrogen-bond donors (Lipinski definition) is 0. The maximum atomic E-state index is 13.7. The molecule has 56 heavy (non-hydrogen) atoms. The zero-order chi connectivity index (χ0) is 39.5. The summed E-state index contributed by atoms with van der Waals surface area (Å²) in [6.07, 6.45) is 3.21. The minimum Gasteiger partial charge on any atom is -0.493 e. The van der Waals surface area contributed by atoms with Crippen LogP contribution in [0.2, 0.25) is 0 Å². The fourth-order valence-corrected chi connectivity index (χ4v) is 7.92. The van der Waals surface area contributed by atoms with Crippen molar-refractivity contribution in [1.82, 2.24) is 9.80 Å². The van der Waals surface area contributed by atoms with E-state index in [0.717, 1.165) is 66.1 Å². The number of esters is 1. The molecule has 0 N–H and O–H groups in total. The largest absolute Gasteiger partial charge is 0.493 e. The van der Waals surface area contributed by atoms with Gasteiger partial charge in [-0.1, -0.05) is 42.5 Å². The molecule has 0 unspecified atom stereocenters. The molecule has 0 aliphatic carbocycles. The van der Waals surface area contributed by atoms with Gasteiger partial charge in [-0.3, -0.25) is 9.80 Å². The summed E-state index contributed by atoms with van der Waals surface area (Å²) in [5.74, 6) is 3.55. The number of hydrogen-bond acceptors (Lipinski definition) is 11. The molecule has 0 amide bonds. The van der Waals surface area contributed by atoms with E-state index in [1.807, 2.05) is 42.5 Å². The van der Waals surface area contributed by atoms with E-state index >= 15 is 0 Å². The summed E-state index contributed by atoms with van der Waals surface area (Å²) in [7, 11) is 4.49. The molecular weight excluding hydrogens is 733 g/mol. The molecular formula is C44H44N2O9S. The fraction of sp³-hybridized carbons (Fsp3) is 0.295. The number of ether oxygens (including phenoxy) is 5. The van der Waals surface area contributed by atoms with Gasteiger partial charge in [0.1, 0.15) is 11.5 Å². The molecule has 2 atom stereocenters. The highest BCUT2D eigenvalue weighted by atomic mass is 32.2. The normalized spacial score (nSPS) is 17.4. The second kappa shape index (κ2) is 16.6. The Morgan fingerprint density at radius 2 is 1.36 bits per heavy atom. The number of aryl methyl sites for hydroxylation is 1. The van der Waals surface area contributed by atoms with Gasteiger partial charge >= 0.3 is 16.6 Å². The van der Waals surface area contributed by atoms with Crippen LogP contribution in [0.4, 0.5) is 0 Å². The molecule has 4 heterocycles. The second-order valence-electron chi connectivity index (χ2n) is 14.3. The minimum atomic E-state index is -3.11. The number of likely N-dealkylation sites (N-methyl/N-ethyl adjacent to an activating group) is 2. The molecule has 0 radical (unpaired) electrons. The van der Waals surface area contributed by atoms with Crippen molar-refractivity contribution in [3.8, 4) is 40.2 Å². The van der Waals surface area contributed by atoms with Crippen molar-refractivity contribution < 1.29 is 41.1 Å². The predicted octanol–water partition coefficient (Wildman–Crippen LogP) is 7.67. The van der Waals surface area contributed by atoms with Crippen LogP contribution < -0.4 is 23.7 Å².